The van der Waals surface area contributed by atoms with Gasteiger partial charge >= 0.3 is 18.0 Å². The molecule has 3 atom stereocenters. The third-order valence-corrected chi connectivity index (χ3v) is 3.89. The molecule has 0 saturated heterocycles. The Hall–Kier alpha value is -1.79. The van der Waals surface area contributed by atoms with Crippen LogP contribution < -0.4 is 5.32 Å². The quantitative estimate of drug-likeness (QED) is 0.433. The molecule has 0 aromatic heterocycles. The maximum absolute atomic E-state index is 11.9. The maximum Gasteiger partial charge on any atom is 0.410 e. The second-order valence-electron chi connectivity index (χ2n) is 7.18. The summed E-state index contributed by atoms with van der Waals surface area (Å²) in [5.41, 5.74) is 0. The summed E-state index contributed by atoms with van der Waals surface area (Å²) in [6.07, 6.45) is 0.566. The molecule has 146 valence electrons. The van der Waals surface area contributed by atoms with E-state index in [0.717, 1.165) is 12.8 Å². The molecule has 25 heavy (non-hydrogen) atoms. The largest absolute Gasteiger partial charge is 0.481 e. The molecule has 7 heteroatoms. The first-order valence-corrected chi connectivity index (χ1v) is 8.91. The topological polar surface area (TPSA) is 102 Å². The average Bonchev–Trinajstić information content (AvgIpc) is 2.48. The van der Waals surface area contributed by atoms with E-state index in [9.17, 15) is 19.5 Å². The van der Waals surface area contributed by atoms with E-state index >= 15 is 0 Å². The van der Waals surface area contributed by atoms with Gasteiger partial charge in [-0.15, -0.1) is 0 Å². The highest BCUT2D eigenvalue weighted by molar-refractivity contribution is 5.72. The van der Waals surface area contributed by atoms with E-state index in [0.29, 0.717) is 18.3 Å². The van der Waals surface area contributed by atoms with Crippen LogP contribution in [0.1, 0.15) is 60.8 Å². The van der Waals surface area contributed by atoms with Crippen LogP contribution in [0.4, 0.5) is 4.79 Å². The van der Waals surface area contributed by atoms with Crippen molar-refractivity contribution in [2.75, 3.05) is 6.54 Å². The Balaban J connectivity index is 4.61. The van der Waals surface area contributed by atoms with E-state index in [1.807, 2.05) is 6.92 Å². The molecule has 0 aromatic carbocycles. The number of nitrogens with one attached hydrogen (secondary N) is 1. The lowest BCUT2D eigenvalue weighted by Crippen LogP contribution is -2.38. The third-order valence-electron chi connectivity index (χ3n) is 3.89. The summed E-state index contributed by atoms with van der Waals surface area (Å²) in [6, 6.07) is 0. The van der Waals surface area contributed by atoms with Crippen LogP contribution in [0.25, 0.3) is 0 Å². The first-order valence-electron chi connectivity index (χ1n) is 8.91. The molecule has 0 aliphatic rings. The zero-order valence-electron chi connectivity index (χ0n) is 16.2. The lowest BCUT2D eigenvalue weighted by molar-refractivity contribution is -0.172. The van der Waals surface area contributed by atoms with Crippen molar-refractivity contribution in [2.24, 2.45) is 23.7 Å². The number of carboxylic acids is 1. The van der Waals surface area contributed by atoms with Gasteiger partial charge < -0.3 is 19.9 Å². The molecule has 0 rings (SSSR count). The van der Waals surface area contributed by atoms with Crippen molar-refractivity contribution >= 4 is 18.0 Å². The Kier molecular flexibility index (Phi) is 10.9. The van der Waals surface area contributed by atoms with Crippen LogP contribution >= 0.6 is 0 Å². The smallest absolute Gasteiger partial charge is 0.410 e. The third kappa shape index (κ3) is 10.6. The standard InChI is InChI=1S/C18H33NO6/c1-7-14(8-11(2)3)9-15(16(21)22)10-19-18(23)25-17(12(4)5)24-13(6)20/h11-12,14-15,17H,7-10H2,1-6H3,(H,19,23)(H,21,22)/t14-,15+,17+/m0/s1. The zero-order valence-corrected chi connectivity index (χ0v) is 16.2. The van der Waals surface area contributed by atoms with Gasteiger partial charge in [0.1, 0.15) is 0 Å². The van der Waals surface area contributed by atoms with Crippen molar-refractivity contribution in [3.8, 4) is 0 Å². The van der Waals surface area contributed by atoms with E-state index < -0.39 is 30.2 Å². The Morgan fingerprint density at radius 3 is 2.04 bits per heavy atom. The van der Waals surface area contributed by atoms with Crippen LogP contribution in [0.5, 0.6) is 0 Å². The number of carboxylic acid groups (broad SMARTS) is 1. The lowest BCUT2D eigenvalue weighted by Gasteiger charge is -2.23. The molecular weight excluding hydrogens is 326 g/mol. The Morgan fingerprint density at radius 1 is 1.04 bits per heavy atom. The van der Waals surface area contributed by atoms with Gasteiger partial charge in [-0.2, -0.15) is 0 Å². The van der Waals surface area contributed by atoms with Crippen molar-refractivity contribution in [1.82, 2.24) is 5.32 Å². The summed E-state index contributed by atoms with van der Waals surface area (Å²) in [5, 5.41) is 11.9. The van der Waals surface area contributed by atoms with Gasteiger partial charge in [0.15, 0.2) is 0 Å². The molecule has 0 radical (unpaired) electrons. The van der Waals surface area contributed by atoms with Gasteiger partial charge in [-0.1, -0.05) is 41.0 Å². The number of hydrogen-bond acceptors (Lipinski definition) is 5. The number of hydrogen-bond donors (Lipinski definition) is 2. The summed E-state index contributed by atoms with van der Waals surface area (Å²) < 4.78 is 9.99. The first kappa shape index (κ1) is 23.2. The van der Waals surface area contributed by atoms with Crippen LogP contribution in [0.3, 0.4) is 0 Å². The highest BCUT2D eigenvalue weighted by Gasteiger charge is 2.25. The minimum Gasteiger partial charge on any atom is -0.481 e. The van der Waals surface area contributed by atoms with Crippen molar-refractivity contribution in [3.05, 3.63) is 0 Å². The molecule has 0 aliphatic carbocycles. The first-order chi connectivity index (χ1) is 11.6. The molecule has 0 bridgehead atoms. The monoisotopic (exact) mass is 359 g/mol. The molecular formula is C18H33NO6. The summed E-state index contributed by atoms with van der Waals surface area (Å²) >= 11 is 0. The predicted octanol–water partition coefficient (Wildman–Crippen LogP) is 3.42. The number of rotatable bonds is 11. The molecule has 0 fully saturated rings. The van der Waals surface area contributed by atoms with Crippen LogP contribution in [-0.4, -0.2) is 36.0 Å². The highest BCUT2D eigenvalue weighted by atomic mass is 16.7. The predicted molar refractivity (Wildman–Crippen MR) is 93.9 cm³/mol. The molecule has 0 unspecified atom stereocenters. The van der Waals surface area contributed by atoms with Crippen molar-refractivity contribution in [1.29, 1.82) is 0 Å². The summed E-state index contributed by atoms with van der Waals surface area (Å²) in [7, 11) is 0. The number of aliphatic carboxylic acids is 1. The van der Waals surface area contributed by atoms with Crippen molar-refractivity contribution in [3.63, 3.8) is 0 Å². The summed E-state index contributed by atoms with van der Waals surface area (Å²) in [4.78, 5) is 34.4. The van der Waals surface area contributed by atoms with E-state index in [-0.39, 0.29) is 12.5 Å². The minimum absolute atomic E-state index is 0.0202. The molecule has 0 aromatic rings. The molecule has 1 amide bonds. The lowest BCUT2D eigenvalue weighted by atomic mass is 9.86. The van der Waals surface area contributed by atoms with Gasteiger partial charge in [0.05, 0.1) is 5.92 Å². The van der Waals surface area contributed by atoms with Gasteiger partial charge in [0, 0.05) is 19.4 Å². The number of esters is 1. The average molecular weight is 359 g/mol. The molecule has 7 nitrogen and oxygen atoms in total. The number of alkyl carbamates (subject to hydrolysis) is 1. The van der Waals surface area contributed by atoms with Gasteiger partial charge in [0.2, 0.25) is 0 Å². The Morgan fingerprint density at radius 2 is 1.64 bits per heavy atom. The second-order valence-corrected chi connectivity index (χ2v) is 7.18. The van der Waals surface area contributed by atoms with Gasteiger partial charge in [-0.05, 0) is 24.7 Å². The molecule has 2 N–H and O–H groups in total. The summed E-state index contributed by atoms with van der Waals surface area (Å²) in [5.74, 6) is -1.59. The molecule has 0 saturated carbocycles. The van der Waals surface area contributed by atoms with E-state index in [1.165, 1.54) is 6.92 Å². The number of carbonyl (C=O) groups is 3. The highest BCUT2D eigenvalue weighted by Crippen LogP contribution is 2.23. The summed E-state index contributed by atoms with van der Waals surface area (Å²) in [6.45, 7) is 11.0. The number of ether oxygens (including phenoxy) is 2. The maximum atomic E-state index is 11.9. The molecule has 0 spiro atoms. The Bertz CT molecular complexity index is 435. The fraction of sp³-hybridized carbons (Fsp3) is 0.833. The number of amides is 1. The Labute approximate surface area is 150 Å². The van der Waals surface area contributed by atoms with Crippen molar-refractivity contribution in [2.45, 2.75) is 67.1 Å². The SMILES string of the molecule is CC[C@@H](CC(C)C)C[C@H](CNC(=O)O[C@@H](OC(C)=O)C(C)C)C(=O)O. The van der Waals surface area contributed by atoms with Gasteiger partial charge in [-0.25, -0.2) is 4.79 Å². The van der Waals surface area contributed by atoms with Crippen LogP contribution in [0, 0.1) is 23.7 Å². The fourth-order valence-corrected chi connectivity index (χ4v) is 2.58. The zero-order chi connectivity index (χ0) is 19.6. The molecule has 0 heterocycles. The van der Waals surface area contributed by atoms with E-state index in [2.05, 4.69) is 19.2 Å². The minimum atomic E-state index is -0.995. The molecule has 0 aliphatic heterocycles. The van der Waals surface area contributed by atoms with E-state index in [1.54, 1.807) is 13.8 Å². The van der Waals surface area contributed by atoms with Crippen LogP contribution in [-0.2, 0) is 19.1 Å². The van der Waals surface area contributed by atoms with Crippen LogP contribution in [0.2, 0.25) is 0 Å². The normalized spacial score (nSPS) is 14.7. The second kappa shape index (κ2) is 11.7. The van der Waals surface area contributed by atoms with Gasteiger partial charge in [0.25, 0.3) is 6.29 Å². The number of carbonyl (C=O) groups excluding carboxylic acids is 2. The van der Waals surface area contributed by atoms with Crippen LogP contribution in [0.15, 0.2) is 0 Å². The van der Waals surface area contributed by atoms with E-state index in [4.69, 9.17) is 9.47 Å². The van der Waals surface area contributed by atoms with Gasteiger partial charge in [-0.3, -0.25) is 9.59 Å². The van der Waals surface area contributed by atoms with Crippen molar-refractivity contribution < 1.29 is 29.0 Å². The fourth-order valence-electron chi connectivity index (χ4n) is 2.58.